The Morgan fingerprint density at radius 3 is 1.04 bits per heavy atom. The highest BCUT2D eigenvalue weighted by atomic mass is 16.5. The van der Waals surface area contributed by atoms with Gasteiger partial charge in [0.05, 0.1) is 65.5 Å². The van der Waals surface area contributed by atoms with E-state index in [1.165, 1.54) is 33.3 Å². The summed E-state index contributed by atoms with van der Waals surface area (Å²) < 4.78 is 18.4. The molecule has 12 nitrogen and oxygen atoms in total. The molecule has 0 aromatic heterocycles. The minimum atomic E-state index is -0.978. The van der Waals surface area contributed by atoms with Crippen molar-refractivity contribution in [1.82, 2.24) is 4.90 Å². The summed E-state index contributed by atoms with van der Waals surface area (Å²) in [5.41, 5.74) is 2.94. The van der Waals surface area contributed by atoms with Crippen LogP contribution in [-0.2, 0) is 67.0 Å². The normalized spacial score (nSPS) is 10.8. The van der Waals surface area contributed by atoms with Crippen molar-refractivity contribution in [3.05, 3.63) is 108 Å². The minimum absolute atomic E-state index is 0.0397. The number of hydrogen-bond donors (Lipinski definition) is 1. The van der Waals surface area contributed by atoms with E-state index in [2.05, 4.69) is 18.9 Å². The van der Waals surface area contributed by atoms with Gasteiger partial charge in [-0.2, -0.15) is 0 Å². The number of methoxy groups -OCH3 is 4. The van der Waals surface area contributed by atoms with Crippen LogP contribution in [0.1, 0.15) is 77.5 Å². The van der Waals surface area contributed by atoms with Gasteiger partial charge in [0.25, 0.3) is 0 Å². The number of aliphatic carboxylic acids is 1. The van der Waals surface area contributed by atoms with Gasteiger partial charge in [-0.1, -0.05) is 133 Å². The van der Waals surface area contributed by atoms with E-state index in [0.29, 0.717) is 19.3 Å². The lowest BCUT2D eigenvalue weighted by Gasteiger charge is -2.19. The fourth-order valence-corrected chi connectivity index (χ4v) is 4.81. The summed E-state index contributed by atoms with van der Waals surface area (Å²) in [6, 6.07) is 28.4. The van der Waals surface area contributed by atoms with E-state index in [9.17, 15) is 28.8 Å². The SMILES string of the molecule is CC.CC.CC.COC(=O)CC(Cc1ccccc1)C(=O)N(C)C.COC(=O)CC(Cc1ccccc1)C(=O)O.COC(=O)CC(Cc1ccccc1)C(=O)OC. The molecule has 12 heteroatoms. The fourth-order valence-electron chi connectivity index (χ4n) is 4.81. The Kier molecular flexibility index (Phi) is 35.4. The molecule has 0 saturated carbocycles. The maximum absolute atomic E-state index is 12.0. The predicted octanol–water partition coefficient (Wildman–Crippen LogP) is 7.65. The Hall–Kier alpha value is -5.52. The number of benzene rings is 3. The van der Waals surface area contributed by atoms with Crippen molar-refractivity contribution in [3.8, 4) is 0 Å². The third-order valence-electron chi connectivity index (χ3n) is 7.57. The van der Waals surface area contributed by atoms with Gasteiger partial charge in [-0.3, -0.25) is 28.8 Å². The summed E-state index contributed by atoms with van der Waals surface area (Å²) in [6.07, 6.45) is 1.42. The van der Waals surface area contributed by atoms with Gasteiger partial charge in [-0.15, -0.1) is 0 Å². The highest BCUT2D eigenvalue weighted by Crippen LogP contribution is 2.17. The molecule has 0 heterocycles. The summed E-state index contributed by atoms with van der Waals surface area (Å²) in [4.78, 5) is 69.6. The molecule has 318 valence electrons. The van der Waals surface area contributed by atoms with Crippen LogP contribution < -0.4 is 0 Å². The molecule has 3 aromatic rings. The summed E-state index contributed by atoms with van der Waals surface area (Å²) in [5, 5.41) is 8.97. The van der Waals surface area contributed by atoms with Gasteiger partial charge < -0.3 is 29.0 Å². The van der Waals surface area contributed by atoms with E-state index in [-0.39, 0.29) is 43.0 Å². The predicted molar refractivity (Wildman–Crippen MR) is 223 cm³/mol. The molecule has 1 amide bonds. The molecular formula is C45H67NO11. The standard InChI is InChI=1S/C14H19NO3.C13H16O4.C12H14O4.3C2H6/c1-15(2)14(17)12(10-13(16)18-3)9-11-7-5-4-6-8-11;1-16-12(14)9-11(13(15)17-2)8-10-6-4-3-5-7-10;1-16-11(13)8-10(12(14)15)7-9-5-3-2-4-6-9;3*1-2/h4-8,12H,9-10H2,1-3H3;3-7,11H,8-9H2,1-2H3;2-6,10H,7-8H2,1H3,(H,14,15);3*1-2H3. The average Bonchev–Trinajstić information content (AvgIpc) is 3.25. The number of amides is 1. The number of hydrogen-bond acceptors (Lipinski definition) is 10. The number of nitrogens with zero attached hydrogens (tertiary/aromatic N) is 1. The number of carbonyl (C=O) groups is 6. The Labute approximate surface area is 340 Å². The molecular weight excluding hydrogens is 730 g/mol. The molecule has 0 aliphatic heterocycles. The summed E-state index contributed by atoms with van der Waals surface area (Å²) in [6.45, 7) is 12.0. The van der Waals surface area contributed by atoms with Crippen LogP contribution in [-0.4, -0.2) is 88.3 Å². The van der Waals surface area contributed by atoms with Crippen molar-refractivity contribution in [2.45, 2.75) is 80.1 Å². The first-order valence-corrected chi connectivity index (χ1v) is 19.2. The molecule has 3 aromatic carbocycles. The first-order chi connectivity index (χ1) is 27.3. The highest BCUT2D eigenvalue weighted by Gasteiger charge is 2.25. The fraction of sp³-hybridized carbons (Fsp3) is 0.467. The molecule has 3 atom stereocenters. The van der Waals surface area contributed by atoms with E-state index in [1.807, 2.05) is 133 Å². The number of rotatable bonds is 15. The van der Waals surface area contributed by atoms with Gasteiger partial charge in [0.2, 0.25) is 5.91 Å². The Morgan fingerprint density at radius 2 is 0.754 bits per heavy atom. The second-order valence-electron chi connectivity index (χ2n) is 11.6. The Morgan fingerprint density at radius 1 is 0.474 bits per heavy atom. The smallest absolute Gasteiger partial charge is 0.309 e. The summed E-state index contributed by atoms with van der Waals surface area (Å²) >= 11 is 0. The van der Waals surface area contributed by atoms with Gasteiger partial charge in [0, 0.05) is 14.1 Å². The van der Waals surface area contributed by atoms with Crippen LogP contribution in [0, 0.1) is 17.8 Å². The summed E-state index contributed by atoms with van der Waals surface area (Å²) in [5.74, 6) is -4.26. The van der Waals surface area contributed by atoms with Gasteiger partial charge in [-0.25, -0.2) is 0 Å². The lowest BCUT2D eigenvalue weighted by Crippen LogP contribution is -2.32. The number of carbonyl (C=O) groups excluding carboxylic acids is 5. The largest absolute Gasteiger partial charge is 0.481 e. The molecule has 3 rings (SSSR count). The topological polar surface area (TPSA) is 163 Å². The lowest BCUT2D eigenvalue weighted by atomic mass is 9.95. The molecule has 3 unspecified atom stereocenters. The molecule has 0 radical (unpaired) electrons. The van der Waals surface area contributed by atoms with Gasteiger partial charge in [-0.05, 0) is 36.0 Å². The van der Waals surface area contributed by atoms with Crippen molar-refractivity contribution < 1.29 is 52.8 Å². The van der Waals surface area contributed by atoms with E-state index < -0.39 is 29.7 Å². The quantitative estimate of drug-likeness (QED) is 0.119. The molecule has 0 bridgehead atoms. The number of esters is 4. The molecule has 0 spiro atoms. The van der Waals surface area contributed by atoms with Crippen LogP contribution in [0.4, 0.5) is 0 Å². The van der Waals surface area contributed by atoms with Crippen LogP contribution in [0.15, 0.2) is 91.0 Å². The number of carboxylic acids is 1. The third kappa shape index (κ3) is 26.8. The zero-order valence-corrected chi connectivity index (χ0v) is 36.1. The maximum atomic E-state index is 12.0. The van der Waals surface area contributed by atoms with Crippen LogP contribution in [0.3, 0.4) is 0 Å². The minimum Gasteiger partial charge on any atom is -0.481 e. The average molecular weight is 798 g/mol. The van der Waals surface area contributed by atoms with E-state index >= 15 is 0 Å². The monoisotopic (exact) mass is 797 g/mol. The molecule has 0 aliphatic carbocycles. The van der Waals surface area contributed by atoms with Gasteiger partial charge in [0.1, 0.15) is 0 Å². The molecule has 0 fully saturated rings. The van der Waals surface area contributed by atoms with E-state index in [0.717, 1.165) is 16.7 Å². The Balaban J connectivity index is -0.000000719. The van der Waals surface area contributed by atoms with Crippen LogP contribution in [0.25, 0.3) is 0 Å². The molecule has 0 aliphatic rings. The first-order valence-electron chi connectivity index (χ1n) is 19.2. The summed E-state index contributed by atoms with van der Waals surface area (Å²) in [7, 11) is 8.60. The van der Waals surface area contributed by atoms with Crippen LogP contribution in [0.2, 0.25) is 0 Å². The zero-order valence-electron chi connectivity index (χ0n) is 36.1. The third-order valence-corrected chi connectivity index (χ3v) is 7.57. The van der Waals surface area contributed by atoms with E-state index in [4.69, 9.17) is 5.11 Å². The van der Waals surface area contributed by atoms with Crippen molar-refractivity contribution in [2.24, 2.45) is 17.8 Å². The highest BCUT2D eigenvalue weighted by molar-refractivity contribution is 5.84. The van der Waals surface area contributed by atoms with Crippen molar-refractivity contribution >= 4 is 35.8 Å². The van der Waals surface area contributed by atoms with Crippen LogP contribution in [0.5, 0.6) is 0 Å². The van der Waals surface area contributed by atoms with Crippen molar-refractivity contribution in [3.63, 3.8) is 0 Å². The molecule has 1 N–H and O–H groups in total. The van der Waals surface area contributed by atoms with Crippen LogP contribution >= 0.6 is 0 Å². The second kappa shape index (κ2) is 36.1. The first kappa shape index (κ1) is 55.8. The lowest BCUT2D eigenvalue weighted by molar-refractivity contribution is -0.151. The maximum Gasteiger partial charge on any atom is 0.309 e. The van der Waals surface area contributed by atoms with Gasteiger partial charge in [0.15, 0.2) is 0 Å². The van der Waals surface area contributed by atoms with E-state index in [1.54, 1.807) is 14.1 Å². The van der Waals surface area contributed by atoms with Crippen molar-refractivity contribution in [2.75, 3.05) is 42.5 Å². The van der Waals surface area contributed by atoms with Gasteiger partial charge >= 0.3 is 29.8 Å². The molecule has 57 heavy (non-hydrogen) atoms. The molecule has 0 saturated heterocycles. The zero-order chi connectivity index (χ0) is 44.2. The second-order valence-corrected chi connectivity index (χ2v) is 11.6. The number of carboxylic acid groups (broad SMARTS) is 1. The number of ether oxygens (including phenoxy) is 4. The Bertz CT molecular complexity index is 1500. The van der Waals surface area contributed by atoms with Crippen molar-refractivity contribution in [1.29, 1.82) is 0 Å².